The first kappa shape index (κ1) is 17.7. The van der Waals surface area contributed by atoms with Crippen molar-refractivity contribution in [3.05, 3.63) is 47.3 Å². The maximum atomic E-state index is 12.5. The van der Waals surface area contributed by atoms with Gasteiger partial charge in [0.2, 0.25) is 5.91 Å². The minimum absolute atomic E-state index is 0.0531. The number of nitrogens with zero attached hydrogens (tertiary/aromatic N) is 3. The summed E-state index contributed by atoms with van der Waals surface area (Å²) in [6, 6.07) is 10.7. The Kier molecular flexibility index (Phi) is 5.53. The molecule has 1 fully saturated rings. The third kappa shape index (κ3) is 4.28. The minimum Gasteiger partial charge on any atom is -0.322 e. The molecule has 3 rings (SSSR count). The van der Waals surface area contributed by atoms with Gasteiger partial charge in [-0.3, -0.25) is 14.4 Å². The first-order valence-electron chi connectivity index (χ1n) is 9.12. The van der Waals surface area contributed by atoms with E-state index in [0.29, 0.717) is 12.5 Å². The van der Waals surface area contributed by atoms with E-state index in [4.69, 9.17) is 0 Å². The Balaban J connectivity index is 1.55. The van der Waals surface area contributed by atoms with Gasteiger partial charge in [0.05, 0.1) is 23.6 Å². The van der Waals surface area contributed by atoms with Crippen LogP contribution in [0.1, 0.15) is 42.1 Å². The maximum absolute atomic E-state index is 12.5. The minimum atomic E-state index is 0.0531. The third-order valence-corrected chi connectivity index (χ3v) is 5.23. The van der Waals surface area contributed by atoms with Gasteiger partial charge in [0.1, 0.15) is 0 Å². The number of benzene rings is 1. The number of hydrogen-bond acceptors (Lipinski definition) is 3. The highest BCUT2D eigenvalue weighted by Gasteiger charge is 2.20. The predicted molar refractivity (Wildman–Crippen MR) is 101 cm³/mol. The molecule has 5 heteroatoms. The molecule has 1 N–H and O–H groups in total. The molecule has 2 aromatic rings. The van der Waals surface area contributed by atoms with Gasteiger partial charge < -0.3 is 5.32 Å². The number of aromatic nitrogens is 2. The lowest BCUT2D eigenvalue weighted by Gasteiger charge is -2.19. The van der Waals surface area contributed by atoms with Crippen molar-refractivity contribution in [2.75, 3.05) is 25.0 Å². The molecule has 1 saturated heterocycles. The average Bonchev–Trinajstić information content (AvgIpc) is 2.79. The second kappa shape index (κ2) is 7.83. The van der Waals surface area contributed by atoms with Crippen molar-refractivity contribution in [1.29, 1.82) is 0 Å². The molecule has 0 aliphatic carbocycles. The molecular weight excluding hydrogens is 312 g/mol. The Morgan fingerprint density at radius 2 is 1.96 bits per heavy atom. The Morgan fingerprint density at radius 1 is 1.20 bits per heavy atom. The molecule has 1 aromatic heterocycles. The van der Waals surface area contributed by atoms with Crippen molar-refractivity contribution >= 4 is 11.6 Å². The van der Waals surface area contributed by atoms with Gasteiger partial charge >= 0.3 is 0 Å². The van der Waals surface area contributed by atoms with Crippen molar-refractivity contribution in [1.82, 2.24) is 14.7 Å². The van der Waals surface area contributed by atoms with Crippen molar-refractivity contribution in [3.8, 4) is 0 Å². The van der Waals surface area contributed by atoms with Crippen LogP contribution in [0, 0.1) is 13.8 Å². The molecule has 1 aliphatic heterocycles. The van der Waals surface area contributed by atoms with Crippen LogP contribution in [-0.4, -0.2) is 40.2 Å². The number of likely N-dealkylation sites (tertiary alicyclic amines) is 1. The second-order valence-electron chi connectivity index (χ2n) is 7.03. The molecule has 134 valence electrons. The lowest BCUT2D eigenvalue weighted by atomic mass is 9.92. The highest BCUT2D eigenvalue weighted by Crippen LogP contribution is 2.27. The average molecular weight is 340 g/mol. The van der Waals surface area contributed by atoms with Crippen LogP contribution >= 0.6 is 0 Å². The first-order valence-corrected chi connectivity index (χ1v) is 9.12. The first-order chi connectivity index (χ1) is 12.0. The molecule has 1 aliphatic rings. The number of carbonyl (C=O) groups excluding carboxylic acids is 1. The maximum Gasteiger partial charge on any atom is 0.238 e. The van der Waals surface area contributed by atoms with Gasteiger partial charge in [0.25, 0.3) is 0 Å². The second-order valence-corrected chi connectivity index (χ2v) is 7.03. The lowest BCUT2D eigenvalue weighted by molar-refractivity contribution is -0.117. The number of aryl methyl sites for hydroxylation is 2. The van der Waals surface area contributed by atoms with E-state index in [1.54, 1.807) is 4.68 Å². The van der Waals surface area contributed by atoms with Gasteiger partial charge in [-0.15, -0.1) is 0 Å². The van der Waals surface area contributed by atoms with Crippen LogP contribution in [-0.2, 0) is 11.8 Å². The van der Waals surface area contributed by atoms with Crippen molar-refractivity contribution in [3.63, 3.8) is 0 Å². The molecule has 5 nitrogen and oxygen atoms in total. The standard InChI is InChI=1S/C20H28N4O/c1-15-20(16(2)23(3)22-15)21-19(25)14-24-12-7-10-18(11-13-24)17-8-5-4-6-9-17/h4-6,8-9,18H,7,10-14H2,1-3H3,(H,21,25)/t18-/m0/s1. The summed E-state index contributed by atoms with van der Waals surface area (Å²) >= 11 is 0. The fourth-order valence-corrected chi connectivity index (χ4v) is 3.71. The van der Waals surface area contributed by atoms with Crippen LogP contribution in [0.3, 0.4) is 0 Å². The number of rotatable bonds is 4. The number of nitrogens with one attached hydrogen (secondary N) is 1. The Hall–Kier alpha value is -2.14. The van der Waals surface area contributed by atoms with Gasteiger partial charge in [-0.1, -0.05) is 30.3 Å². The van der Waals surface area contributed by atoms with Crippen LogP contribution in [0.2, 0.25) is 0 Å². The Labute approximate surface area is 150 Å². The molecule has 1 amide bonds. The van der Waals surface area contributed by atoms with E-state index in [9.17, 15) is 4.79 Å². The highest BCUT2D eigenvalue weighted by molar-refractivity contribution is 5.93. The molecule has 0 spiro atoms. The molecule has 0 unspecified atom stereocenters. The molecule has 0 saturated carbocycles. The topological polar surface area (TPSA) is 50.2 Å². The summed E-state index contributed by atoms with van der Waals surface area (Å²) in [6.45, 7) is 6.32. The summed E-state index contributed by atoms with van der Waals surface area (Å²) in [5, 5.41) is 7.40. The summed E-state index contributed by atoms with van der Waals surface area (Å²) < 4.78 is 1.81. The van der Waals surface area contributed by atoms with Gasteiger partial charge in [-0.05, 0) is 57.7 Å². The summed E-state index contributed by atoms with van der Waals surface area (Å²) in [5.74, 6) is 0.662. The molecule has 25 heavy (non-hydrogen) atoms. The van der Waals surface area contributed by atoms with Gasteiger partial charge in [-0.2, -0.15) is 5.10 Å². The number of hydrogen-bond donors (Lipinski definition) is 1. The van der Waals surface area contributed by atoms with E-state index in [0.717, 1.165) is 43.0 Å². The van der Waals surface area contributed by atoms with Crippen LogP contribution < -0.4 is 5.32 Å². The molecular formula is C20H28N4O. The monoisotopic (exact) mass is 340 g/mol. The number of amides is 1. The fourth-order valence-electron chi connectivity index (χ4n) is 3.71. The quantitative estimate of drug-likeness (QED) is 0.929. The Morgan fingerprint density at radius 3 is 2.64 bits per heavy atom. The van der Waals surface area contributed by atoms with Crippen LogP contribution in [0.4, 0.5) is 5.69 Å². The summed E-state index contributed by atoms with van der Waals surface area (Å²) in [6.07, 6.45) is 3.45. The summed E-state index contributed by atoms with van der Waals surface area (Å²) in [5.41, 5.74) is 4.14. The normalized spacial score (nSPS) is 18.8. The van der Waals surface area contributed by atoms with Crippen LogP contribution in [0.5, 0.6) is 0 Å². The smallest absolute Gasteiger partial charge is 0.238 e. The molecule has 0 bridgehead atoms. The van der Waals surface area contributed by atoms with Crippen molar-refractivity contribution < 1.29 is 4.79 Å². The molecule has 2 heterocycles. The van der Waals surface area contributed by atoms with Crippen molar-refractivity contribution in [2.24, 2.45) is 7.05 Å². The third-order valence-electron chi connectivity index (χ3n) is 5.23. The van der Waals surface area contributed by atoms with Gasteiger partial charge in [0, 0.05) is 7.05 Å². The predicted octanol–water partition coefficient (Wildman–Crippen LogP) is 3.25. The van der Waals surface area contributed by atoms with E-state index < -0.39 is 0 Å². The van der Waals surface area contributed by atoms with Crippen molar-refractivity contribution in [2.45, 2.75) is 39.0 Å². The van der Waals surface area contributed by atoms with E-state index in [1.807, 2.05) is 20.9 Å². The SMILES string of the molecule is Cc1nn(C)c(C)c1NC(=O)CN1CCC[C@H](c2ccccc2)CC1. The Bertz CT molecular complexity index is 723. The zero-order valence-electron chi connectivity index (χ0n) is 15.5. The summed E-state index contributed by atoms with van der Waals surface area (Å²) in [7, 11) is 1.90. The summed E-state index contributed by atoms with van der Waals surface area (Å²) in [4.78, 5) is 14.7. The molecule has 1 aromatic carbocycles. The van der Waals surface area contributed by atoms with Crippen LogP contribution in [0.25, 0.3) is 0 Å². The van der Waals surface area contributed by atoms with E-state index in [1.165, 1.54) is 12.0 Å². The zero-order chi connectivity index (χ0) is 17.8. The zero-order valence-corrected chi connectivity index (χ0v) is 15.5. The van der Waals surface area contributed by atoms with Gasteiger partial charge in [0.15, 0.2) is 0 Å². The lowest BCUT2D eigenvalue weighted by Crippen LogP contribution is -2.34. The van der Waals surface area contributed by atoms with E-state index >= 15 is 0 Å². The fraction of sp³-hybridized carbons (Fsp3) is 0.500. The van der Waals surface area contributed by atoms with Gasteiger partial charge in [-0.25, -0.2) is 0 Å². The molecule has 1 atom stereocenters. The molecule has 0 radical (unpaired) electrons. The number of carbonyl (C=O) groups is 1. The van der Waals surface area contributed by atoms with E-state index in [2.05, 4.69) is 45.6 Å². The largest absolute Gasteiger partial charge is 0.322 e. The van der Waals surface area contributed by atoms with E-state index in [-0.39, 0.29) is 5.91 Å². The van der Waals surface area contributed by atoms with Crippen LogP contribution in [0.15, 0.2) is 30.3 Å². The highest BCUT2D eigenvalue weighted by atomic mass is 16.2. The number of anilines is 1.